The summed E-state index contributed by atoms with van der Waals surface area (Å²) >= 11 is 3.15. The first-order chi connectivity index (χ1) is 20.6. The van der Waals surface area contributed by atoms with E-state index in [9.17, 15) is 22.4 Å². The van der Waals surface area contributed by atoms with Gasteiger partial charge >= 0.3 is 6.18 Å². The Balaban J connectivity index is 1.48. The highest BCUT2D eigenvalue weighted by Gasteiger charge is 2.44. The maximum atomic E-state index is 14.9. The molecule has 0 amide bonds. The lowest BCUT2D eigenvalue weighted by Gasteiger charge is -2.29. The number of ketones is 1. The van der Waals surface area contributed by atoms with E-state index in [2.05, 4.69) is 10.3 Å². The fraction of sp³-hybridized carbons (Fsp3) is 0.387. The largest absolute Gasteiger partial charge is 0.493 e. The zero-order valence-corrected chi connectivity index (χ0v) is 25.3. The molecule has 2 aromatic carbocycles. The molecule has 43 heavy (non-hydrogen) atoms. The lowest BCUT2D eigenvalue weighted by atomic mass is 9.98. The minimum Gasteiger partial charge on any atom is -0.493 e. The van der Waals surface area contributed by atoms with Gasteiger partial charge in [0.1, 0.15) is 4.08 Å². The van der Waals surface area contributed by atoms with Gasteiger partial charge in [-0.05, 0) is 49.4 Å². The van der Waals surface area contributed by atoms with Crippen LogP contribution in [0.25, 0.3) is 16.9 Å². The van der Waals surface area contributed by atoms with Gasteiger partial charge in [-0.25, -0.2) is 13.9 Å². The molecule has 2 aromatic heterocycles. The summed E-state index contributed by atoms with van der Waals surface area (Å²) in [5.41, 5.74) is 4.77. The van der Waals surface area contributed by atoms with Crippen molar-refractivity contribution < 1.29 is 27.1 Å². The number of thioether (sulfide) groups is 2. The number of hydrogen-bond acceptors (Lipinski definition) is 7. The number of aromatic nitrogens is 3. The summed E-state index contributed by atoms with van der Waals surface area (Å²) in [7, 11) is 1.41. The third-order valence-electron chi connectivity index (χ3n) is 7.74. The number of carbonyl (C=O) groups is 1. The Morgan fingerprint density at radius 1 is 1.16 bits per heavy atom. The van der Waals surface area contributed by atoms with Crippen molar-refractivity contribution in [2.75, 3.05) is 30.5 Å². The summed E-state index contributed by atoms with van der Waals surface area (Å²) < 4.78 is 60.4. The molecule has 12 heteroatoms. The summed E-state index contributed by atoms with van der Waals surface area (Å²) in [6.45, 7) is 1.55. The van der Waals surface area contributed by atoms with E-state index in [1.807, 2.05) is 25.1 Å². The van der Waals surface area contributed by atoms with Crippen LogP contribution >= 0.6 is 23.5 Å². The van der Waals surface area contributed by atoms with E-state index in [-0.39, 0.29) is 18.1 Å². The van der Waals surface area contributed by atoms with Gasteiger partial charge in [0, 0.05) is 41.2 Å². The normalized spacial score (nSPS) is 16.5. The fourth-order valence-electron chi connectivity index (χ4n) is 5.45. The predicted octanol–water partition coefficient (Wildman–Crippen LogP) is 7.88. The Morgan fingerprint density at radius 3 is 2.60 bits per heavy atom. The van der Waals surface area contributed by atoms with Crippen molar-refractivity contribution in [3.8, 4) is 17.0 Å². The molecular weight excluding hydrogens is 600 g/mol. The van der Waals surface area contributed by atoms with Crippen LogP contribution in [0.3, 0.4) is 0 Å². The molecular formula is C31H30F4N4O2S2. The SMILES string of the molecule is COc1c(F)cccc1C1(c2cc(NCCC(F)(F)F)c3ncc(-c4ccc(C(=O)CC5CC5)c(C)c4)n3n2)SCCS1. The van der Waals surface area contributed by atoms with Crippen LogP contribution in [0.15, 0.2) is 48.7 Å². The van der Waals surface area contributed by atoms with Crippen molar-refractivity contribution >= 4 is 40.6 Å². The van der Waals surface area contributed by atoms with Crippen LogP contribution in [-0.2, 0) is 4.08 Å². The molecule has 1 aliphatic carbocycles. The van der Waals surface area contributed by atoms with Crippen molar-refractivity contribution in [1.29, 1.82) is 0 Å². The molecule has 0 spiro atoms. The second-order valence-electron chi connectivity index (χ2n) is 10.8. The highest BCUT2D eigenvalue weighted by Crippen LogP contribution is 2.58. The Bertz CT molecular complexity index is 1680. The highest BCUT2D eigenvalue weighted by atomic mass is 32.2. The second kappa shape index (κ2) is 11.7. The number of ether oxygens (including phenoxy) is 1. The summed E-state index contributed by atoms with van der Waals surface area (Å²) in [6.07, 6.45) is -0.981. The van der Waals surface area contributed by atoms with Gasteiger partial charge in [-0.15, -0.1) is 23.5 Å². The summed E-state index contributed by atoms with van der Waals surface area (Å²) in [6, 6.07) is 12.0. The number of Topliss-reactive ketones (excluding diaryl/α,β-unsaturated/α-hetero) is 1. The number of fused-ring (bicyclic) bond motifs is 1. The number of aryl methyl sites for hydroxylation is 1. The minimum absolute atomic E-state index is 0.103. The number of imidazole rings is 1. The lowest BCUT2D eigenvalue weighted by Crippen LogP contribution is -2.22. The standard InChI is InChI=1S/C31H30F4N4O2S2/c1-18-14-20(8-9-21(18)26(40)15-19-6-7-19)25-17-37-29-24(36-11-10-30(33,34)35)16-27(38-39(25)29)31(42-12-13-43-31)22-4-3-5-23(32)28(22)41-2/h3-5,8-9,14,16-17,19,36H,6-7,10-13,15H2,1-2H3. The first-order valence-corrected chi connectivity index (χ1v) is 16.0. The molecule has 1 N–H and O–H groups in total. The summed E-state index contributed by atoms with van der Waals surface area (Å²) in [5.74, 6) is 1.72. The van der Waals surface area contributed by atoms with E-state index in [1.54, 1.807) is 52.4 Å². The number of methoxy groups -OCH3 is 1. The van der Waals surface area contributed by atoms with Crippen LogP contribution in [0.2, 0.25) is 0 Å². The van der Waals surface area contributed by atoms with Crippen molar-refractivity contribution in [3.05, 3.63) is 76.9 Å². The van der Waals surface area contributed by atoms with Crippen molar-refractivity contribution in [1.82, 2.24) is 14.6 Å². The van der Waals surface area contributed by atoms with Gasteiger partial charge in [0.25, 0.3) is 0 Å². The Morgan fingerprint density at radius 2 is 1.93 bits per heavy atom. The second-order valence-corrected chi connectivity index (χ2v) is 13.7. The first kappa shape index (κ1) is 29.8. The number of alkyl halides is 3. The summed E-state index contributed by atoms with van der Waals surface area (Å²) in [4.78, 5) is 17.4. The molecule has 0 unspecified atom stereocenters. The van der Waals surface area contributed by atoms with E-state index in [0.29, 0.717) is 46.2 Å². The number of carbonyl (C=O) groups excluding carboxylic acids is 1. The average molecular weight is 631 g/mol. The number of para-hydroxylation sites is 1. The molecule has 1 aliphatic heterocycles. The molecule has 1 saturated heterocycles. The smallest absolute Gasteiger partial charge is 0.390 e. The number of halogens is 4. The Hall–Kier alpha value is -3.25. The minimum atomic E-state index is -4.33. The molecule has 0 bridgehead atoms. The first-order valence-electron chi connectivity index (χ1n) is 14.0. The Kier molecular flexibility index (Phi) is 8.10. The number of nitrogens with one attached hydrogen (secondary N) is 1. The van der Waals surface area contributed by atoms with Crippen LogP contribution in [-0.4, -0.2) is 51.7 Å². The van der Waals surface area contributed by atoms with Crippen molar-refractivity contribution in [2.45, 2.75) is 42.9 Å². The number of benzene rings is 2. The average Bonchev–Trinajstić information content (AvgIpc) is 3.45. The van der Waals surface area contributed by atoms with Crippen molar-refractivity contribution in [3.63, 3.8) is 0 Å². The molecule has 1 saturated carbocycles. The van der Waals surface area contributed by atoms with Gasteiger partial charge in [-0.2, -0.15) is 18.3 Å². The van der Waals surface area contributed by atoms with E-state index < -0.39 is 22.5 Å². The maximum Gasteiger partial charge on any atom is 0.390 e. The van der Waals surface area contributed by atoms with Gasteiger partial charge in [0.05, 0.1) is 36.8 Å². The van der Waals surface area contributed by atoms with Crippen molar-refractivity contribution in [2.24, 2.45) is 5.92 Å². The van der Waals surface area contributed by atoms with E-state index >= 15 is 0 Å². The van der Waals surface area contributed by atoms with Crippen LogP contribution < -0.4 is 10.1 Å². The number of hydrogen-bond donors (Lipinski definition) is 1. The third kappa shape index (κ3) is 5.95. The molecule has 2 aliphatic rings. The lowest BCUT2D eigenvalue weighted by molar-refractivity contribution is -0.131. The van der Waals surface area contributed by atoms with Gasteiger partial charge in [-0.3, -0.25) is 4.79 Å². The molecule has 0 atom stereocenters. The molecule has 6 nitrogen and oxygen atoms in total. The topological polar surface area (TPSA) is 68.5 Å². The van der Waals surface area contributed by atoms with Gasteiger partial charge in [0.2, 0.25) is 0 Å². The number of nitrogens with zero attached hydrogens (tertiary/aromatic N) is 3. The molecule has 226 valence electrons. The van der Waals surface area contributed by atoms with Crippen LogP contribution in [0, 0.1) is 18.7 Å². The highest BCUT2D eigenvalue weighted by molar-refractivity contribution is 8.20. The van der Waals surface area contributed by atoms with Crippen LogP contribution in [0.4, 0.5) is 23.2 Å². The van der Waals surface area contributed by atoms with E-state index in [0.717, 1.165) is 35.5 Å². The quantitative estimate of drug-likeness (QED) is 0.141. The van der Waals surface area contributed by atoms with Crippen LogP contribution in [0.5, 0.6) is 5.75 Å². The maximum absolute atomic E-state index is 14.9. The monoisotopic (exact) mass is 630 g/mol. The summed E-state index contributed by atoms with van der Waals surface area (Å²) in [5, 5.41) is 7.93. The third-order valence-corrected chi connectivity index (χ3v) is 11.2. The number of rotatable bonds is 10. The molecule has 3 heterocycles. The van der Waals surface area contributed by atoms with Crippen LogP contribution in [0.1, 0.15) is 52.9 Å². The Labute approximate surface area is 255 Å². The zero-order chi connectivity index (χ0) is 30.4. The van der Waals surface area contributed by atoms with E-state index in [1.165, 1.54) is 13.2 Å². The predicted molar refractivity (Wildman–Crippen MR) is 163 cm³/mol. The van der Waals surface area contributed by atoms with E-state index in [4.69, 9.17) is 9.84 Å². The number of anilines is 1. The molecule has 4 aromatic rings. The zero-order valence-electron chi connectivity index (χ0n) is 23.6. The fourth-order valence-corrected chi connectivity index (χ4v) is 8.66. The molecule has 0 radical (unpaired) electrons. The van der Waals surface area contributed by atoms with Gasteiger partial charge in [0.15, 0.2) is 23.0 Å². The molecule has 2 fully saturated rings. The van der Waals surface area contributed by atoms with Gasteiger partial charge < -0.3 is 10.1 Å². The van der Waals surface area contributed by atoms with Gasteiger partial charge in [-0.1, -0.05) is 24.3 Å². The molecule has 6 rings (SSSR count).